The molecule has 10 heteroatoms. The fourth-order valence-corrected chi connectivity index (χ4v) is 10.6. The largest absolute Gasteiger partial charge is 0.346 e. The van der Waals surface area contributed by atoms with Crippen LogP contribution in [0.4, 0.5) is 4.79 Å². The molecule has 1 heterocycles. The van der Waals surface area contributed by atoms with E-state index in [1.54, 1.807) is 4.90 Å². The minimum Gasteiger partial charge on any atom is -0.346 e. The van der Waals surface area contributed by atoms with Crippen molar-refractivity contribution in [1.29, 1.82) is 0 Å². The summed E-state index contributed by atoms with van der Waals surface area (Å²) in [6.45, 7) is 10.3. The van der Waals surface area contributed by atoms with Gasteiger partial charge in [0.1, 0.15) is 12.1 Å². The number of hydrogen-bond acceptors (Lipinski definition) is 5. The Bertz CT molecular complexity index is 1190. The van der Waals surface area contributed by atoms with E-state index in [1.165, 1.54) is 25.3 Å². The van der Waals surface area contributed by atoms with Gasteiger partial charge in [0.15, 0.2) is 0 Å². The molecule has 10 nitrogen and oxygen atoms in total. The van der Waals surface area contributed by atoms with Gasteiger partial charge in [0.2, 0.25) is 17.6 Å². The average Bonchev–Trinajstić information content (AvgIpc) is 3.42. The lowest BCUT2D eigenvalue weighted by Gasteiger charge is -2.56. The third-order valence-electron chi connectivity index (χ3n) is 12.4. The van der Waals surface area contributed by atoms with E-state index in [-0.39, 0.29) is 47.2 Å². The maximum Gasteiger partial charge on any atom is 0.315 e. The summed E-state index contributed by atoms with van der Waals surface area (Å²) in [5, 5.41) is 11.9. The molecule has 7 aliphatic rings. The normalized spacial score (nSPS) is 35.2. The van der Waals surface area contributed by atoms with Crippen molar-refractivity contribution in [3.63, 3.8) is 0 Å². The van der Waals surface area contributed by atoms with Crippen LogP contribution in [0.15, 0.2) is 12.7 Å². The Morgan fingerprint density at radius 2 is 1.58 bits per heavy atom. The van der Waals surface area contributed by atoms with Crippen molar-refractivity contribution in [2.75, 3.05) is 13.1 Å². The van der Waals surface area contributed by atoms with Crippen LogP contribution in [0, 0.1) is 40.9 Å². The molecule has 0 aromatic rings. The molecular formula is C35H53N5O5. The zero-order valence-electron chi connectivity index (χ0n) is 27.4. The number of piperidine rings is 1. The quantitative estimate of drug-likeness (QED) is 0.195. The molecule has 0 aromatic heterocycles. The highest BCUT2D eigenvalue weighted by Crippen LogP contribution is 2.65. The molecule has 0 aromatic carbocycles. The van der Waals surface area contributed by atoms with Crippen LogP contribution in [0.2, 0.25) is 0 Å². The van der Waals surface area contributed by atoms with Crippen molar-refractivity contribution in [2.45, 2.75) is 121 Å². The first kappa shape index (κ1) is 32.0. The van der Waals surface area contributed by atoms with Gasteiger partial charge in [0, 0.05) is 18.6 Å². The number of ketones is 1. The Hall–Kier alpha value is -2.91. The minimum atomic E-state index is -0.972. The Morgan fingerprint density at radius 3 is 2.16 bits per heavy atom. The molecule has 248 valence electrons. The molecule has 3 unspecified atom stereocenters. The number of hydrogen-bond donors (Lipinski definition) is 4. The van der Waals surface area contributed by atoms with E-state index in [0.29, 0.717) is 37.1 Å². The van der Waals surface area contributed by atoms with Crippen molar-refractivity contribution in [2.24, 2.45) is 40.9 Å². The van der Waals surface area contributed by atoms with Crippen molar-refractivity contribution in [1.82, 2.24) is 26.2 Å². The van der Waals surface area contributed by atoms with Gasteiger partial charge in [-0.15, -0.1) is 6.58 Å². The van der Waals surface area contributed by atoms with Gasteiger partial charge in [-0.25, -0.2) is 4.79 Å². The monoisotopic (exact) mass is 623 g/mol. The Labute approximate surface area is 267 Å². The molecule has 4 N–H and O–H groups in total. The first-order valence-electron chi connectivity index (χ1n) is 17.6. The van der Waals surface area contributed by atoms with Crippen LogP contribution >= 0.6 is 0 Å². The Kier molecular flexibility index (Phi) is 8.80. The van der Waals surface area contributed by atoms with E-state index in [2.05, 4.69) is 41.7 Å². The fourth-order valence-electron chi connectivity index (χ4n) is 10.6. The zero-order valence-corrected chi connectivity index (χ0v) is 27.4. The molecule has 6 saturated carbocycles. The molecule has 5 atom stereocenters. The van der Waals surface area contributed by atoms with Crippen molar-refractivity contribution < 1.29 is 24.0 Å². The van der Waals surface area contributed by atoms with Gasteiger partial charge >= 0.3 is 6.03 Å². The average molecular weight is 624 g/mol. The number of carbonyl (C=O) groups is 5. The number of Topliss-reactive ketones (excluding diaryl/α,β-unsaturated/α-hetero) is 1. The Morgan fingerprint density at radius 1 is 0.956 bits per heavy atom. The van der Waals surface area contributed by atoms with Gasteiger partial charge in [0.25, 0.3) is 5.91 Å². The molecule has 5 amide bonds. The van der Waals surface area contributed by atoms with Gasteiger partial charge in [-0.05, 0) is 98.7 Å². The number of urea groups is 1. The number of carbonyl (C=O) groups excluding carboxylic acids is 5. The van der Waals surface area contributed by atoms with Gasteiger partial charge in [-0.1, -0.05) is 46.1 Å². The summed E-state index contributed by atoms with van der Waals surface area (Å²) in [5.74, 6) is 0.182. The van der Waals surface area contributed by atoms with Crippen LogP contribution in [-0.4, -0.2) is 71.2 Å². The van der Waals surface area contributed by atoms with E-state index >= 15 is 0 Å². The molecule has 1 aliphatic heterocycles. The van der Waals surface area contributed by atoms with E-state index in [4.69, 9.17) is 0 Å². The van der Waals surface area contributed by atoms with E-state index in [1.807, 2.05) is 6.92 Å². The third-order valence-corrected chi connectivity index (χ3v) is 12.4. The molecule has 0 spiro atoms. The number of likely N-dealkylation sites (tertiary alicyclic amines) is 1. The summed E-state index contributed by atoms with van der Waals surface area (Å²) in [5.41, 5.74) is -0.279. The van der Waals surface area contributed by atoms with Crippen LogP contribution in [0.3, 0.4) is 0 Å². The van der Waals surface area contributed by atoms with E-state index in [0.717, 1.165) is 44.9 Å². The molecule has 4 bridgehead atoms. The third kappa shape index (κ3) is 6.14. The number of rotatable bonds is 12. The van der Waals surface area contributed by atoms with Crippen LogP contribution in [-0.2, 0) is 19.2 Å². The summed E-state index contributed by atoms with van der Waals surface area (Å²) in [7, 11) is 0. The van der Waals surface area contributed by atoms with Gasteiger partial charge in [-0.2, -0.15) is 0 Å². The van der Waals surface area contributed by atoms with E-state index in [9.17, 15) is 24.0 Å². The highest BCUT2D eigenvalue weighted by atomic mass is 16.2. The van der Waals surface area contributed by atoms with Crippen molar-refractivity contribution >= 4 is 29.5 Å². The van der Waals surface area contributed by atoms with Crippen LogP contribution in [0.25, 0.3) is 0 Å². The molecular weight excluding hydrogens is 570 g/mol. The summed E-state index contributed by atoms with van der Waals surface area (Å²) in [6, 6.07) is -2.68. The molecule has 6 aliphatic carbocycles. The number of nitrogens with zero attached hydrogens (tertiary/aromatic N) is 1. The maximum atomic E-state index is 14.5. The lowest BCUT2D eigenvalue weighted by molar-refractivity contribution is -0.144. The highest BCUT2D eigenvalue weighted by Gasteiger charge is 2.70. The first-order valence-corrected chi connectivity index (χ1v) is 17.6. The van der Waals surface area contributed by atoms with E-state index < -0.39 is 35.7 Å². The maximum absolute atomic E-state index is 14.5. The lowest BCUT2D eigenvalue weighted by atomic mass is 9.53. The SMILES string of the molecule is C=CCNC(=O)C(=O)C(CCC)NC(=O)C1[C@@H]2[C@H](CN1C(=O)C(NC(=O)NC13CC4CC(CC(C4)C1)C3)C1CCCC1)C2(C)C. The molecule has 1 saturated heterocycles. The Balaban J connectivity index is 1.18. The van der Waals surface area contributed by atoms with Gasteiger partial charge < -0.3 is 26.2 Å². The van der Waals surface area contributed by atoms with Gasteiger partial charge in [0.05, 0.1) is 6.04 Å². The van der Waals surface area contributed by atoms with Crippen molar-refractivity contribution in [3.05, 3.63) is 12.7 Å². The van der Waals surface area contributed by atoms with Crippen LogP contribution < -0.4 is 21.3 Å². The summed E-state index contributed by atoms with van der Waals surface area (Å²) in [4.78, 5) is 69.3. The number of fused-ring (bicyclic) bond motifs is 1. The second kappa shape index (κ2) is 12.4. The van der Waals surface area contributed by atoms with Crippen molar-refractivity contribution in [3.8, 4) is 0 Å². The second-order valence-electron chi connectivity index (χ2n) is 15.9. The fraction of sp³-hybridized carbons (Fsp3) is 0.800. The van der Waals surface area contributed by atoms with Crippen LogP contribution in [0.1, 0.15) is 97.8 Å². The zero-order chi connectivity index (χ0) is 32.1. The van der Waals surface area contributed by atoms with Crippen LogP contribution in [0.5, 0.6) is 0 Å². The second-order valence-corrected chi connectivity index (χ2v) is 15.9. The highest BCUT2D eigenvalue weighted by molar-refractivity contribution is 6.38. The smallest absolute Gasteiger partial charge is 0.315 e. The summed E-state index contributed by atoms with van der Waals surface area (Å²) in [6.07, 6.45) is 13.1. The first-order chi connectivity index (χ1) is 21.5. The molecule has 0 radical (unpaired) electrons. The molecule has 7 fully saturated rings. The summed E-state index contributed by atoms with van der Waals surface area (Å²) < 4.78 is 0. The molecule has 45 heavy (non-hydrogen) atoms. The predicted octanol–water partition coefficient (Wildman–Crippen LogP) is 3.45. The predicted molar refractivity (Wildman–Crippen MR) is 170 cm³/mol. The minimum absolute atomic E-state index is 0.0243. The molecule has 7 rings (SSSR count). The number of nitrogens with one attached hydrogen (secondary N) is 4. The van der Waals surface area contributed by atoms with Gasteiger partial charge in [-0.3, -0.25) is 19.2 Å². The standard InChI is InChI=1S/C35H53N5O5/c1-5-9-25(29(41)31(43)36-12-6-2)37-30(42)28-26-24(34(26,3)4)19-40(28)32(44)27(23-10-7-8-11-23)38-33(45)39-35-16-20-13-21(17-35)15-22(14-20)18-35/h6,20-28H,2,5,7-19H2,1,3-4H3,(H,36,43)(H,37,42)(H2,38,39,45)/t20?,21?,22?,24-,25?,26-,27?,28?,35?/m0/s1. The summed E-state index contributed by atoms with van der Waals surface area (Å²) >= 11 is 0. The number of amides is 5. The topological polar surface area (TPSA) is 137 Å². The lowest BCUT2D eigenvalue weighted by Crippen LogP contribution is -2.64.